The summed E-state index contributed by atoms with van der Waals surface area (Å²) in [7, 11) is 0. The van der Waals surface area contributed by atoms with Crippen molar-refractivity contribution in [3.8, 4) is 5.75 Å². The maximum Gasteiger partial charge on any atom is 0.458 e. The lowest BCUT2D eigenvalue weighted by atomic mass is 10.1. The van der Waals surface area contributed by atoms with Crippen molar-refractivity contribution in [2.24, 2.45) is 0 Å². The van der Waals surface area contributed by atoms with Crippen LogP contribution in [0, 0.1) is 0 Å². The molecule has 1 atom stereocenters. The highest BCUT2D eigenvalue weighted by atomic mass is 19.4. The number of fused-ring (bicyclic) bond motifs is 1. The van der Waals surface area contributed by atoms with Crippen molar-refractivity contribution in [3.05, 3.63) is 72.1 Å². The lowest BCUT2D eigenvalue weighted by Crippen LogP contribution is -2.35. The van der Waals surface area contributed by atoms with Crippen LogP contribution < -0.4 is 20.7 Å². The Bertz CT molecular complexity index is 1480. The first-order valence-electron chi connectivity index (χ1n) is 12.0. The number of amides is 1. The molecule has 1 aliphatic heterocycles. The molecular formula is C26H23F5N6O2. The van der Waals surface area contributed by atoms with Gasteiger partial charge in [0.25, 0.3) is 5.91 Å². The zero-order valence-corrected chi connectivity index (χ0v) is 20.3. The molecule has 2 aromatic carbocycles. The van der Waals surface area contributed by atoms with Gasteiger partial charge < -0.3 is 20.7 Å². The Kier molecular flexibility index (Phi) is 7.08. The number of H-pyrrole nitrogens is 1. The van der Waals surface area contributed by atoms with E-state index >= 15 is 0 Å². The number of rotatable bonds is 8. The van der Waals surface area contributed by atoms with Crippen LogP contribution in [-0.2, 0) is 5.92 Å². The molecular weight excluding hydrogens is 523 g/mol. The average Bonchev–Trinajstić information content (AvgIpc) is 3.59. The first-order valence-corrected chi connectivity index (χ1v) is 12.0. The number of halogens is 5. The number of aromatic nitrogens is 3. The maximum atomic E-state index is 14.3. The highest BCUT2D eigenvalue weighted by Crippen LogP contribution is 2.47. The molecule has 1 aliphatic rings. The first-order chi connectivity index (χ1) is 18.6. The summed E-state index contributed by atoms with van der Waals surface area (Å²) in [6.45, 7) is 0.600. The van der Waals surface area contributed by atoms with E-state index in [-0.39, 0.29) is 29.7 Å². The summed E-state index contributed by atoms with van der Waals surface area (Å²) >= 11 is 0. The number of alkyl halides is 5. The van der Waals surface area contributed by atoms with Gasteiger partial charge in [-0.3, -0.25) is 9.89 Å². The molecule has 0 bridgehead atoms. The van der Waals surface area contributed by atoms with Gasteiger partial charge in [0.1, 0.15) is 18.2 Å². The minimum atomic E-state index is -5.82. The minimum absolute atomic E-state index is 0.0233. The van der Waals surface area contributed by atoms with E-state index in [0.29, 0.717) is 24.7 Å². The van der Waals surface area contributed by atoms with Gasteiger partial charge >= 0.3 is 12.1 Å². The number of nitrogens with one attached hydrogen (secondary N) is 4. The number of carbonyl (C=O) groups excluding carboxylic acids is 1. The molecule has 8 nitrogen and oxygen atoms in total. The van der Waals surface area contributed by atoms with E-state index in [1.165, 1.54) is 18.3 Å². The maximum absolute atomic E-state index is 14.3. The van der Waals surface area contributed by atoms with Gasteiger partial charge in [0, 0.05) is 35.1 Å². The topological polar surface area (TPSA) is 104 Å². The predicted octanol–water partition coefficient (Wildman–Crippen LogP) is 5.74. The summed E-state index contributed by atoms with van der Waals surface area (Å²) < 4.78 is 73.5. The van der Waals surface area contributed by atoms with Crippen molar-refractivity contribution in [2.45, 2.75) is 31.0 Å². The number of aromatic amines is 1. The Morgan fingerprint density at radius 1 is 1.08 bits per heavy atom. The quantitative estimate of drug-likeness (QED) is 0.210. The van der Waals surface area contributed by atoms with Crippen molar-refractivity contribution < 1.29 is 31.5 Å². The van der Waals surface area contributed by atoms with Crippen molar-refractivity contribution in [1.29, 1.82) is 0 Å². The molecule has 0 saturated carbocycles. The van der Waals surface area contributed by atoms with Gasteiger partial charge in [-0.05, 0) is 61.9 Å². The van der Waals surface area contributed by atoms with Gasteiger partial charge in [-0.1, -0.05) is 0 Å². The summed E-state index contributed by atoms with van der Waals surface area (Å²) in [4.78, 5) is 17.3. The van der Waals surface area contributed by atoms with Gasteiger partial charge in [-0.2, -0.15) is 27.1 Å². The van der Waals surface area contributed by atoms with Gasteiger partial charge in [0.15, 0.2) is 0 Å². The van der Waals surface area contributed by atoms with Crippen molar-refractivity contribution in [1.82, 2.24) is 20.5 Å². The summed E-state index contributed by atoms with van der Waals surface area (Å²) in [5, 5.41) is 16.4. The van der Waals surface area contributed by atoms with E-state index in [1.54, 1.807) is 18.3 Å². The van der Waals surface area contributed by atoms with Crippen molar-refractivity contribution >= 4 is 34.0 Å². The predicted molar refractivity (Wildman–Crippen MR) is 134 cm³/mol. The number of anilines is 3. The molecule has 1 fully saturated rings. The van der Waals surface area contributed by atoms with Crippen LogP contribution in [0.5, 0.6) is 5.75 Å². The van der Waals surface area contributed by atoms with Crippen LogP contribution in [0.25, 0.3) is 10.9 Å². The molecule has 4 aromatic rings. The Morgan fingerprint density at radius 2 is 1.90 bits per heavy atom. The van der Waals surface area contributed by atoms with E-state index in [2.05, 4.69) is 31.1 Å². The number of carbonyl (C=O) groups is 1. The van der Waals surface area contributed by atoms with E-state index in [9.17, 15) is 26.7 Å². The Balaban J connectivity index is 1.39. The van der Waals surface area contributed by atoms with Crippen LogP contribution in [0.3, 0.4) is 0 Å². The summed E-state index contributed by atoms with van der Waals surface area (Å²) in [5.41, 5.74) is 0.144. The third-order valence-corrected chi connectivity index (χ3v) is 6.29. The Labute approximate surface area is 219 Å². The summed E-state index contributed by atoms with van der Waals surface area (Å²) in [5.74, 6) is -6.27. The van der Waals surface area contributed by atoms with E-state index in [0.717, 1.165) is 29.5 Å². The molecule has 5 rings (SSSR count). The van der Waals surface area contributed by atoms with Crippen LogP contribution in [0.1, 0.15) is 28.8 Å². The lowest BCUT2D eigenvalue weighted by molar-refractivity contribution is -0.289. The van der Waals surface area contributed by atoms with Crippen LogP contribution in [0.15, 0.2) is 60.9 Å². The molecule has 13 heteroatoms. The molecule has 0 aliphatic carbocycles. The Hall–Kier alpha value is -4.26. The molecule has 1 saturated heterocycles. The third kappa shape index (κ3) is 5.62. The Morgan fingerprint density at radius 3 is 2.67 bits per heavy atom. The normalized spacial score (nSPS) is 15.9. The van der Waals surface area contributed by atoms with Crippen LogP contribution in [-0.4, -0.2) is 46.5 Å². The van der Waals surface area contributed by atoms with Gasteiger partial charge in [0.05, 0.1) is 22.8 Å². The van der Waals surface area contributed by atoms with Crippen molar-refractivity contribution in [2.75, 3.05) is 23.8 Å². The molecule has 1 amide bonds. The molecule has 0 radical (unpaired) electrons. The average molecular weight is 547 g/mol. The van der Waals surface area contributed by atoms with Gasteiger partial charge in [-0.15, -0.1) is 0 Å². The molecule has 204 valence electrons. The summed E-state index contributed by atoms with van der Waals surface area (Å²) in [6, 6.07) is 10.8. The molecule has 2 aromatic heterocycles. The van der Waals surface area contributed by atoms with E-state index in [4.69, 9.17) is 4.74 Å². The molecule has 0 spiro atoms. The van der Waals surface area contributed by atoms with Crippen molar-refractivity contribution in [3.63, 3.8) is 0 Å². The fourth-order valence-electron chi connectivity index (χ4n) is 4.26. The number of hydrogen-bond donors (Lipinski definition) is 4. The monoisotopic (exact) mass is 546 g/mol. The number of nitrogens with zero attached hydrogens (tertiary/aromatic N) is 2. The zero-order valence-electron chi connectivity index (χ0n) is 20.3. The van der Waals surface area contributed by atoms with E-state index < -0.39 is 29.3 Å². The van der Waals surface area contributed by atoms with E-state index in [1.807, 2.05) is 6.07 Å². The second-order valence-electron chi connectivity index (χ2n) is 9.04. The van der Waals surface area contributed by atoms with Gasteiger partial charge in [0.2, 0.25) is 0 Å². The second kappa shape index (κ2) is 10.5. The summed E-state index contributed by atoms with van der Waals surface area (Å²) in [6.07, 6.45) is -1.14. The molecule has 1 unspecified atom stereocenters. The zero-order chi connectivity index (χ0) is 27.6. The fourth-order valence-corrected chi connectivity index (χ4v) is 4.26. The molecule has 39 heavy (non-hydrogen) atoms. The smallest absolute Gasteiger partial charge is 0.458 e. The lowest BCUT2D eigenvalue weighted by Gasteiger charge is -2.24. The first kappa shape index (κ1) is 26.4. The number of pyridine rings is 1. The van der Waals surface area contributed by atoms with Crippen LogP contribution in [0.2, 0.25) is 0 Å². The molecule has 4 N–H and O–H groups in total. The second-order valence-corrected chi connectivity index (χ2v) is 9.04. The van der Waals surface area contributed by atoms with Crippen LogP contribution in [0.4, 0.5) is 39.1 Å². The fraction of sp³-hybridized carbons (Fsp3) is 0.269. The van der Waals surface area contributed by atoms with Crippen LogP contribution >= 0.6 is 0 Å². The minimum Gasteiger partial charge on any atom is -0.491 e. The molecule has 3 heterocycles. The standard InChI is InChI=1S/C26H23F5N6O2/c27-25(28,26(29,30)31)20-8-7-17(12-22(20)39-14-18-3-1-9-32-18)36-24(38)19-4-2-10-33-23(19)35-16-6-5-15-13-34-37-21(15)11-16/h2,4-8,10-13,18,32H,1,3,9,14H2,(H,33,35)(H,34,37)(H,36,38). The third-order valence-electron chi connectivity index (χ3n) is 6.29. The highest BCUT2D eigenvalue weighted by molar-refractivity contribution is 6.08. The number of benzene rings is 2. The number of hydrogen-bond acceptors (Lipinski definition) is 6. The van der Waals surface area contributed by atoms with Gasteiger partial charge in [-0.25, -0.2) is 4.98 Å². The largest absolute Gasteiger partial charge is 0.491 e. The highest BCUT2D eigenvalue weighted by Gasteiger charge is 2.60. The number of ether oxygens (including phenoxy) is 1. The SMILES string of the molecule is O=C(Nc1ccc(C(F)(F)C(F)(F)F)c(OCC2CCCN2)c1)c1cccnc1Nc1ccc2cn[nH]c2c1.